The second kappa shape index (κ2) is 11.9. The highest BCUT2D eigenvalue weighted by molar-refractivity contribution is 5.92. The van der Waals surface area contributed by atoms with Crippen LogP contribution in [0, 0.1) is 17.1 Å². The lowest BCUT2D eigenvalue weighted by Gasteiger charge is -2.15. The van der Waals surface area contributed by atoms with E-state index in [0.29, 0.717) is 46.8 Å². The molecule has 0 unspecified atom stereocenters. The van der Waals surface area contributed by atoms with E-state index in [1.54, 1.807) is 42.6 Å². The number of carboxylic acid groups (broad SMARTS) is 1. The molecule has 0 aliphatic carbocycles. The lowest BCUT2D eigenvalue weighted by Crippen LogP contribution is -2.23. The highest BCUT2D eigenvalue weighted by Gasteiger charge is 2.21. The van der Waals surface area contributed by atoms with Crippen LogP contribution in [0.5, 0.6) is 5.88 Å². The van der Waals surface area contributed by atoms with Crippen molar-refractivity contribution in [3.05, 3.63) is 112 Å². The minimum absolute atomic E-state index is 0.0160. The van der Waals surface area contributed by atoms with Crippen LogP contribution < -0.4 is 10.3 Å². The fourth-order valence-corrected chi connectivity index (χ4v) is 5.11. The van der Waals surface area contributed by atoms with Gasteiger partial charge in [-0.1, -0.05) is 12.1 Å². The highest BCUT2D eigenvalue weighted by atomic mass is 19.1. The molecule has 5 aromatic rings. The predicted molar refractivity (Wildman–Crippen MR) is 154 cm³/mol. The number of carboxylic acids is 1. The molecule has 216 valence electrons. The van der Waals surface area contributed by atoms with E-state index in [1.807, 2.05) is 10.6 Å². The summed E-state index contributed by atoms with van der Waals surface area (Å²) in [4.78, 5) is 34.0. The quantitative estimate of drug-likeness (QED) is 0.264. The number of aromatic nitrogens is 4. The number of imidazole rings is 1. The average Bonchev–Trinajstić information content (AvgIpc) is 3.65. The smallest absolute Gasteiger partial charge is 0.335 e. The number of nitriles is 1. The number of benzene rings is 2. The standard InChI is InChI=1S/C32H26FN5O5/c33-25-13-20(16-34)6-7-23(25)19-43-30-5-1-4-26(36-30)21-10-11-37(31(39)15-21)18-29-35-27-9-8-22(32(40)41)14-28(27)38(29)17-24-3-2-12-42-24/h1,4-11,13-15,24H,2-3,12,17-19H2,(H,40,41)/t24-/m0/s1. The summed E-state index contributed by atoms with van der Waals surface area (Å²) in [7, 11) is 0. The maximum absolute atomic E-state index is 14.2. The van der Waals surface area contributed by atoms with Crippen LogP contribution in [0.1, 0.15) is 40.2 Å². The average molecular weight is 580 g/mol. The molecule has 1 aliphatic rings. The molecule has 0 bridgehead atoms. The van der Waals surface area contributed by atoms with E-state index in [4.69, 9.17) is 19.7 Å². The van der Waals surface area contributed by atoms with Crippen LogP contribution in [0.25, 0.3) is 22.3 Å². The number of carbonyl (C=O) groups is 1. The van der Waals surface area contributed by atoms with Crippen LogP contribution in [0.4, 0.5) is 4.39 Å². The first-order valence-electron chi connectivity index (χ1n) is 13.7. The van der Waals surface area contributed by atoms with E-state index in [1.165, 1.54) is 28.8 Å². The van der Waals surface area contributed by atoms with Gasteiger partial charge in [-0.2, -0.15) is 5.26 Å². The van der Waals surface area contributed by atoms with Crippen LogP contribution in [0.2, 0.25) is 0 Å². The minimum Gasteiger partial charge on any atom is -0.478 e. The monoisotopic (exact) mass is 579 g/mol. The Labute approximate surface area is 245 Å². The Balaban J connectivity index is 1.24. The number of pyridine rings is 2. The van der Waals surface area contributed by atoms with Crippen molar-refractivity contribution in [2.75, 3.05) is 6.61 Å². The number of hydrogen-bond acceptors (Lipinski definition) is 7. The molecule has 0 radical (unpaired) electrons. The Morgan fingerprint density at radius 3 is 2.77 bits per heavy atom. The number of halogens is 1. The zero-order chi connectivity index (χ0) is 29.9. The lowest BCUT2D eigenvalue weighted by molar-refractivity contribution is 0.0697. The van der Waals surface area contributed by atoms with Crippen LogP contribution >= 0.6 is 0 Å². The van der Waals surface area contributed by atoms with E-state index in [-0.39, 0.29) is 41.8 Å². The van der Waals surface area contributed by atoms with Crippen molar-refractivity contribution >= 4 is 17.0 Å². The van der Waals surface area contributed by atoms with E-state index >= 15 is 0 Å². The first kappa shape index (κ1) is 27.8. The molecule has 1 aliphatic heterocycles. The number of hydrogen-bond donors (Lipinski definition) is 1. The zero-order valence-electron chi connectivity index (χ0n) is 22.9. The summed E-state index contributed by atoms with van der Waals surface area (Å²) >= 11 is 0. The van der Waals surface area contributed by atoms with Crippen LogP contribution in [0.15, 0.2) is 77.7 Å². The van der Waals surface area contributed by atoms with Crippen molar-refractivity contribution in [1.82, 2.24) is 19.1 Å². The van der Waals surface area contributed by atoms with Crippen LogP contribution in [-0.4, -0.2) is 42.9 Å². The fraction of sp³-hybridized carbons (Fsp3) is 0.219. The van der Waals surface area contributed by atoms with Crippen molar-refractivity contribution in [2.24, 2.45) is 0 Å². The van der Waals surface area contributed by atoms with Crippen LogP contribution in [0.3, 0.4) is 0 Å². The fourth-order valence-electron chi connectivity index (χ4n) is 5.11. The van der Waals surface area contributed by atoms with Crippen molar-refractivity contribution in [2.45, 2.75) is 38.6 Å². The molecule has 10 nitrogen and oxygen atoms in total. The largest absolute Gasteiger partial charge is 0.478 e. The van der Waals surface area contributed by atoms with E-state index in [9.17, 15) is 19.1 Å². The maximum Gasteiger partial charge on any atom is 0.335 e. The summed E-state index contributed by atoms with van der Waals surface area (Å²) in [5.74, 6) is -0.685. The molecule has 11 heteroatoms. The summed E-state index contributed by atoms with van der Waals surface area (Å²) in [6, 6.07) is 19.2. The lowest BCUT2D eigenvalue weighted by atomic mass is 10.1. The van der Waals surface area contributed by atoms with Gasteiger partial charge in [0.05, 0.1) is 53.1 Å². The highest BCUT2D eigenvalue weighted by Crippen LogP contribution is 2.24. The molecule has 1 fully saturated rings. The van der Waals surface area contributed by atoms with Gasteiger partial charge >= 0.3 is 5.97 Å². The topological polar surface area (TPSA) is 132 Å². The number of nitrogens with zero attached hydrogens (tertiary/aromatic N) is 5. The van der Waals surface area contributed by atoms with E-state index in [0.717, 1.165) is 18.9 Å². The third kappa shape index (κ3) is 6.00. The molecule has 1 saturated heterocycles. The predicted octanol–water partition coefficient (Wildman–Crippen LogP) is 4.78. The molecule has 0 amide bonds. The number of ether oxygens (including phenoxy) is 2. The number of rotatable bonds is 9. The number of fused-ring (bicyclic) bond motifs is 1. The Kier molecular flexibility index (Phi) is 7.68. The van der Waals surface area contributed by atoms with Gasteiger partial charge in [-0.3, -0.25) is 4.79 Å². The third-order valence-electron chi connectivity index (χ3n) is 7.37. The molecule has 1 atom stereocenters. The summed E-state index contributed by atoms with van der Waals surface area (Å²) in [6.07, 6.45) is 3.50. The Morgan fingerprint density at radius 2 is 2.02 bits per heavy atom. The molecule has 6 rings (SSSR count). The molecule has 43 heavy (non-hydrogen) atoms. The van der Waals surface area contributed by atoms with E-state index in [2.05, 4.69) is 4.98 Å². The molecule has 1 N–H and O–H groups in total. The molecule has 0 spiro atoms. The molecule has 0 saturated carbocycles. The van der Waals surface area contributed by atoms with Crippen molar-refractivity contribution in [3.8, 4) is 23.2 Å². The molecular weight excluding hydrogens is 553 g/mol. The third-order valence-corrected chi connectivity index (χ3v) is 7.37. The van der Waals surface area contributed by atoms with Gasteiger partial charge in [0.1, 0.15) is 18.2 Å². The molecule has 2 aromatic carbocycles. The van der Waals surface area contributed by atoms with Gasteiger partial charge in [-0.15, -0.1) is 0 Å². The first-order valence-corrected chi connectivity index (χ1v) is 13.7. The number of aromatic carboxylic acids is 1. The SMILES string of the molecule is N#Cc1ccc(COc2cccc(-c3ccn(Cc4nc5ccc(C(=O)O)cc5n4C[C@@H]4CCCO4)c(=O)c3)n2)c(F)c1. The normalized spacial score (nSPS) is 14.6. The van der Waals surface area contributed by atoms with Gasteiger partial charge in [0.15, 0.2) is 0 Å². The minimum atomic E-state index is -1.02. The van der Waals surface area contributed by atoms with Gasteiger partial charge in [-0.05, 0) is 55.3 Å². The summed E-state index contributed by atoms with van der Waals surface area (Å²) in [5.41, 5.74) is 2.81. The summed E-state index contributed by atoms with van der Waals surface area (Å²) in [6.45, 7) is 1.29. The van der Waals surface area contributed by atoms with Crippen molar-refractivity contribution < 1.29 is 23.8 Å². The summed E-state index contributed by atoms with van der Waals surface area (Å²) in [5, 5.41) is 18.4. The van der Waals surface area contributed by atoms with Gasteiger partial charge in [0, 0.05) is 36.1 Å². The van der Waals surface area contributed by atoms with Crippen molar-refractivity contribution in [1.29, 1.82) is 5.26 Å². The second-order valence-electron chi connectivity index (χ2n) is 10.2. The second-order valence-corrected chi connectivity index (χ2v) is 10.2. The van der Waals surface area contributed by atoms with Gasteiger partial charge in [0.2, 0.25) is 5.88 Å². The van der Waals surface area contributed by atoms with Crippen molar-refractivity contribution in [3.63, 3.8) is 0 Å². The Morgan fingerprint density at radius 1 is 1.14 bits per heavy atom. The summed E-state index contributed by atoms with van der Waals surface area (Å²) < 4.78 is 29.2. The van der Waals surface area contributed by atoms with Gasteiger partial charge in [0.25, 0.3) is 5.56 Å². The first-order chi connectivity index (χ1) is 20.9. The molecule has 3 aromatic heterocycles. The van der Waals surface area contributed by atoms with Gasteiger partial charge in [-0.25, -0.2) is 19.2 Å². The van der Waals surface area contributed by atoms with Crippen LogP contribution in [-0.2, 0) is 24.4 Å². The Hall–Kier alpha value is -5.34. The molecular formula is C32H26FN5O5. The zero-order valence-corrected chi connectivity index (χ0v) is 22.9. The Bertz CT molecular complexity index is 1940. The van der Waals surface area contributed by atoms with Gasteiger partial charge < -0.3 is 23.7 Å². The maximum atomic E-state index is 14.2. The molecule has 4 heterocycles. The van der Waals surface area contributed by atoms with E-state index < -0.39 is 11.8 Å².